The summed E-state index contributed by atoms with van der Waals surface area (Å²) < 4.78 is 32.6. The molecule has 0 saturated heterocycles. The van der Waals surface area contributed by atoms with Gasteiger partial charge in [0.1, 0.15) is 6.54 Å². The number of benzene rings is 2. The third-order valence-electron chi connectivity index (χ3n) is 4.98. The van der Waals surface area contributed by atoms with Crippen molar-refractivity contribution in [2.24, 2.45) is 4.99 Å². The molecule has 3 aromatic rings. The van der Waals surface area contributed by atoms with Crippen LogP contribution in [0.4, 0.5) is 0 Å². The lowest BCUT2D eigenvalue weighted by Crippen LogP contribution is -2.23. The molecule has 0 N–H and O–H groups in total. The summed E-state index contributed by atoms with van der Waals surface area (Å²) in [5.74, 6) is -1.00. The third-order valence-corrected chi connectivity index (χ3v) is 8.17. The standard InChI is InChI=1S/C23H26N2O5S2/c1-5-16-10-11-19-20(12-16)31-23(25(19)14-21(26)30-6-2)24-22(27)17-8-7-9-18(13-17)32(28,29)15(3)4/h7-13,15H,5-6,14H2,1-4H3. The molecular formula is C23H26N2O5S2. The predicted octanol–water partition coefficient (Wildman–Crippen LogP) is 3.75. The molecule has 2 aromatic carbocycles. The van der Waals surface area contributed by atoms with Gasteiger partial charge in [-0.15, -0.1) is 0 Å². The highest BCUT2D eigenvalue weighted by atomic mass is 32.2. The van der Waals surface area contributed by atoms with Gasteiger partial charge in [-0.25, -0.2) is 8.42 Å². The molecule has 32 heavy (non-hydrogen) atoms. The highest BCUT2D eigenvalue weighted by Crippen LogP contribution is 2.21. The Labute approximate surface area is 191 Å². The van der Waals surface area contributed by atoms with Gasteiger partial charge < -0.3 is 9.30 Å². The molecule has 0 bridgehead atoms. The van der Waals surface area contributed by atoms with Crippen molar-refractivity contribution in [2.75, 3.05) is 6.61 Å². The van der Waals surface area contributed by atoms with Gasteiger partial charge in [0.2, 0.25) is 0 Å². The Morgan fingerprint density at radius 1 is 1.12 bits per heavy atom. The number of ether oxygens (including phenoxy) is 1. The Morgan fingerprint density at radius 3 is 2.53 bits per heavy atom. The molecule has 1 aromatic heterocycles. The first kappa shape index (κ1) is 23.9. The molecule has 170 valence electrons. The fourth-order valence-corrected chi connectivity index (χ4v) is 5.34. The van der Waals surface area contributed by atoms with E-state index in [2.05, 4.69) is 11.9 Å². The number of carbonyl (C=O) groups excluding carboxylic acids is 2. The fourth-order valence-electron chi connectivity index (χ4n) is 3.14. The van der Waals surface area contributed by atoms with E-state index < -0.39 is 27.0 Å². The Hall–Kier alpha value is -2.78. The first-order chi connectivity index (χ1) is 15.2. The van der Waals surface area contributed by atoms with Crippen molar-refractivity contribution < 1.29 is 22.7 Å². The summed E-state index contributed by atoms with van der Waals surface area (Å²) in [6.45, 7) is 7.14. The number of hydrogen-bond acceptors (Lipinski definition) is 6. The van der Waals surface area contributed by atoms with Crippen LogP contribution in [-0.4, -0.2) is 36.7 Å². The number of rotatable bonds is 7. The molecular weight excluding hydrogens is 448 g/mol. The minimum atomic E-state index is -3.52. The van der Waals surface area contributed by atoms with E-state index in [-0.39, 0.29) is 23.6 Å². The largest absolute Gasteiger partial charge is 0.465 e. The van der Waals surface area contributed by atoms with E-state index in [1.165, 1.54) is 35.6 Å². The van der Waals surface area contributed by atoms with Crippen LogP contribution < -0.4 is 4.80 Å². The van der Waals surface area contributed by atoms with Crippen molar-refractivity contribution in [1.82, 2.24) is 4.57 Å². The van der Waals surface area contributed by atoms with E-state index in [0.29, 0.717) is 4.80 Å². The maximum atomic E-state index is 12.9. The van der Waals surface area contributed by atoms with Crippen LogP contribution in [0.5, 0.6) is 0 Å². The summed E-state index contributed by atoms with van der Waals surface area (Å²) in [6.07, 6.45) is 0.855. The second-order valence-corrected chi connectivity index (χ2v) is 11.0. The number of esters is 1. The zero-order valence-electron chi connectivity index (χ0n) is 18.5. The summed E-state index contributed by atoms with van der Waals surface area (Å²) in [7, 11) is -3.52. The van der Waals surface area contributed by atoms with Crippen LogP contribution >= 0.6 is 11.3 Å². The molecule has 0 aliphatic rings. The Balaban J connectivity index is 2.11. The van der Waals surface area contributed by atoms with E-state index in [4.69, 9.17) is 4.74 Å². The van der Waals surface area contributed by atoms with E-state index in [1.807, 2.05) is 18.2 Å². The van der Waals surface area contributed by atoms with Crippen LogP contribution in [0.2, 0.25) is 0 Å². The van der Waals surface area contributed by atoms with Crippen LogP contribution in [0.3, 0.4) is 0 Å². The SMILES string of the molecule is CCOC(=O)Cn1c(=NC(=O)c2cccc(S(=O)(=O)C(C)C)c2)sc2cc(CC)ccc21. The van der Waals surface area contributed by atoms with Gasteiger partial charge in [-0.2, -0.15) is 4.99 Å². The van der Waals surface area contributed by atoms with Gasteiger partial charge in [0.05, 0.1) is 27.0 Å². The normalized spacial score (nSPS) is 12.5. The number of aryl methyl sites for hydroxylation is 1. The molecule has 0 radical (unpaired) electrons. The molecule has 3 rings (SSSR count). The Kier molecular flexibility index (Phi) is 7.30. The second-order valence-electron chi connectivity index (χ2n) is 7.47. The topological polar surface area (TPSA) is 94.8 Å². The Morgan fingerprint density at radius 2 is 1.88 bits per heavy atom. The van der Waals surface area contributed by atoms with Crippen molar-refractivity contribution >= 4 is 43.3 Å². The molecule has 1 heterocycles. The number of thiazole rings is 1. The predicted molar refractivity (Wildman–Crippen MR) is 124 cm³/mol. The van der Waals surface area contributed by atoms with Gasteiger partial charge in [-0.1, -0.05) is 30.4 Å². The first-order valence-corrected chi connectivity index (χ1v) is 12.7. The molecule has 1 amide bonds. The number of hydrogen-bond donors (Lipinski definition) is 0. The summed E-state index contributed by atoms with van der Waals surface area (Å²) in [5, 5.41) is -0.605. The average molecular weight is 475 g/mol. The lowest BCUT2D eigenvalue weighted by atomic mass is 10.2. The van der Waals surface area contributed by atoms with E-state index in [1.54, 1.807) is 25.3 Å². The van der Waals surface area contributed by atoms with Gasteiger partial charge in [0.25, 0.3) is 5.91 Å². The van der Waals surface area contributed by atoms with Crippen molar-refractivity contribution in [3.63, 3.8) is 0 Å². The zero-order valence-corrected chi connectivity index (χ0v) is 20.1. The number of aromatic nitrogens is 1. The Bertz CT molecular complexity index is 1330. The summed E-state index contributed by atoms with van der Waals surface area (Å²) >= 11 is 1.30. The minimum absolute atomic E-state index is 0.0762. The van der Waals surface area contributed by atoms with Gasteiger partial charge in [-0.05, 0) is 63.1 Å². The molecule has 0 aliphatic heterocycles. The quantitative estimate of drug-likeness (QED) is 0.486. The zero-order chi connectivity index (χ0) is 23.5. The lowest BCUT2D eigenvalue weighted by Gasteiger charge is -2.08. The third kappa shape index (κ3) is 4.99. The monoisotopic (exact) mass is 474 g/mol. The minimum Gasteiger partial charge on any atom is -0.465 e. The van der Waals surface area contributed by atoms with Crippen LogP contribution in [0, 0.1) is 0 Å². The highest BCUT2D eigenvalue weighted by Gasteiger charge is 2.20. The van der Waals surface area contributed by atoms with Gasteiger partial charge in [0.15, 0.2) is 14.6 Å². The molecule has 0 spiro atoms. The van der Waals surface area contributed by atoms with E-state index in [9.17, 15) is 18.0 Å². The number of amides is 1. The van der Waals surface area contributed by atoms with Crippen molar-refractivity contribution in [1.29, 1.82) is 0 Å². The van der Waals surface area contributed by atoms with Crippen molar-refractivity contribution in [3.05, 3.63) is 58.4 Å². The molecule has 0 saturated carbocycles. The van der Waals surface area contributed by atoms with E-state index in [0.717, 1.165) is 22.2 Å². The molecule has 0 fully saturated rings. The van der Waals surface area contributed by atoms with E-state index >= 15 is 0 Å². The molecule has 0 atom stereocenters. The van der Waals surface area contributed by atoms with Crippen LogP contribution in [0.25, 0.3) is 10.2 Å². The van der Waals surface area contributed by atoms with Crippen LogP contribution in [0.15, 0.2) is 52.4 Å². The molecule has 0 unspecified atom stereocenters. The summed E-state index contributed by atoms with van der Waals surface area (Å²) in [5.41, 5.74) is 2.08. The van der Waals surface area contributed by atoms with Crippen molar-refractivity contribution in [3.8, 4) is 0 Å². The van der Waals surface area contributed by atoms with Crippen LogP contribution in [-0.2, 0) is 32.3 Å². The molecule has 9 heteroatoms. The highest BCUT2D eigenvalue weighted by molar-refractivity contribution is 7.92. The smallest absolute Gasteiger partial charge is 0.326 e. The average Bonchev–Trinajstić information content (AvgIpc) is 3.09. The number of fused-ring (bicyclic) bond motifs is 1. The number of carbonyl (C=O) groups is 2. The summed E-state index contributed by atoms with van der Waals surface area (Å²) in [6, 6.07) is 11.8. The van der Waals surface area contributed by atoms with Crippen molar-refractivity contribution in [2.45, 2.75) is 50.8 Å². The van der Waals surface area contributed by atoms with Gasteiger partial charge >= 0.3 is 5.97 Å². The number of nitrogens with zero attached hydrogens (tertiary/aromatic N) is 2. The maximum absolute atomic E-state index is 12.9. The van der Waals surface area contributed by atoms with Gasteiger partial charge in [0, 0.05) is 5.56 Å². The second kappa shape index (κ2) is 9.79. The lowest BCUT2D eigenvalue weighted by molar-refractivity contribution is -0.143. The first-order valence-electron chi connectivity index (χ1n) is 10.4. The summed E-state index contributed by atoms with van der Waals surface area (Å²) in [4.78, 5) is 29.8. The van der Waals surface area contributed by atoms with Gasteiger partial charge in [-0.3, -0.25) is 9.59 Å². The maximum Gasteiger partial charge on any atom is 0.326 e. The molecule has 7 nitrogen and oxygen atoms in total. The fraction of sp³-hybridized carbons (Fsp3) is 0.348. The molecule has 0 aliphatic carbocycles. The number of sulfone groups is 1. The van der Waals surface area contributed by atoms with Crippen LogP contribution in [0.1, 0.15) is 43.6 Å².